The summed E-state index contributed by atoms with van der Waals surface area (Å²) >= 11 is 0. The van der Waals surface area contributed by atoms with Crippen LogP contribution in [0.2, 0.25) is 0 Å². The SMILES string of the molecule is CNS(=O)(=O)c1cc(C(=O)N2CCN(C[C@H](C)O)C[C@@H]2C)ccc1OC. The molecule has 0 unspecified atom stereocenters. The number of aliphatic hydroxyl groups is 1. The molecule has 0 saturated carbocycles. The summed E-state index contributed by atoms with van der Waals surface area (Å²) in [5.41, 5.74) is 0.301. The minimum absolute atomic E-state index is 0.0403. The Morgan fingerprint density at radius 3 is 2.65 bits per heavy atom. The molecule has 0 radical (unpaired) electrons. The first kappa shape index (κ1) is 20.6. The smallest absolute Gasteiger partial charge is 0.254 e. The quantitative estimate of drug-likeness (QED) is 0.722. The molecule has 0 bridgehead atoms. The molecule has 1 aliphatic rings. The number of piperazine rings is 1. The van der Waals surface area contributed by atoms with Crippen molar-refractivity contribution >= 4 is 15.9 Å². The lowest BCUT2D eigenvalue weighted by molar-refractivity contribution is 0.0383. The predicted octanol–water partition coefficient (Wildman–Crippen LogP) is 0.130. The fourth-order valence-corrected chi connectivity index (χ4v) is 4.09. The summed E-state index contributed by atoms with van der Waals surface area (Å²) in [6, 6.07) is 4.37. The lowest BCUT2D eigenvalue weighted by Crippen LogP contribution is -2.55. The number of hydrogen-bond donors (Lipinski definition) is 2. The van der Waals surface area contributed by atoms with Gasteiger partial charge in [0.15, 0.2) is 0 Å². The molecule has 2 rings (SSSR count). The number of benzene rings is 1. The molecule has 8 nitrogen and oxygen atoms in total. The first-order chi connectivity index (χ1) is 12.2. The molecule has 9 heteroatoms. The second-order valence-corrected chi connectivity index (χ2v) is 8.38. The zero-order chi connectivity index (χ0) is 19.5. The number of carbonyl (C=O) groups is 1. The summed E-state index contributed by atoms with van der Waals surface area (Å²) in [4.78, 5) is 16.7. The fourth-order valence-electron chi connectivity index (χ4n) is 3.17. The van der Waals surface area contributed by atoms with Crippen molar-refractivity contribution in [1.29, 1.82) is 0 Å². The maximum atomic E-state index is 12.9. The van der Waals surface area contributed by atoms with Crippen molar-refractivity contribution < 1.29 is 23.1 Å². The molecule has 26 heavy (non-hydrogen) atoms. The third kappa shape index (κ3) is 4.53. The molecule has 1 aliphatic heterocycles. The van der Waals surface area contributed by atoms with Crippen molar-refractivity contribution in [3.63, 3.8) is 0 Å². The highest BCUT2D eigenvalue weighted by Gasteiger charge is 2.29. The lowest BCUT2D eigenvalue weighted by Gasteiger charge is -2.40. The normalized spacial score (nSPS) is 20.0. The predicted molar refractivity (Wildman–Crippen MR) is 97.9 cm³/mol. The number of ether oxygens (including phenoxy) is 1. The van der Waals surface area contributed by atoms with Crippen molar-refractivity contribution in [3.8, 4) is 5.75 Å². The van der Waals surface area contributed by atoms with Crippen LogP contribution in [0.1, 0.15) is 24.2 Å². The average Bonchev–Trinajstić information content (AvgIpc) is 2.60. The van der Waals surface area contributed by atoms with Gasteiger partial charge in [-0.2, -0.15) is 0 Å². The van der Waals surface area contributed by atoms with Gasteiger partial charge in [-0.15, -0.1) is 0 Å². The van der Waals surface area contributed by atoms with Gasteiger partial charge in [-0.25, -0.2) is 13.1 Å². The van der Waals surface area contributed by atoms with E-state index in [1.54, 1.807) is 17.9 Å². The molecule has 0 spiro atoms. The van der Waals surface area contributed by atoms with Crippen LogP contribution in [0.25, 0.3) is 0 Å². The Kier molecular flexibility index (Phi) is 6.62. The summed E-state index contributed by atoms with van der Waals surface area (Å²) in [5.74, 6) is -0.0323. The number of nitrogens with one attached hydrogen (secondary N) is 1. The Balaban J connectivity index is 2.24. The number of sulfonamides is 1. The van der Waals surface area contributed by atoms with Crippen molar-refractivity contribution in [2.24, 2.45) is 0 Å². The van der Waals surface area contributed by atoms with Crippen molar-refractivity contribution in [1.82, 2.24) is 14.5 Å². The Morgan fingerprint density at radius 2 is 2.12 bits per heavy atom. The van der Waals surface area contributed by atoms with Gasteiger partial charge in [-0.1, -0.05) is 0 Å². The monoisotopic (exact) mass is 385 g/mol. The first-order valence-corrected chi connectivity index (χ1v) is 10.0. The fraction of sp³-hybridized carbons (Fsp3) is 0.588. The molecule has 1 fully saturated rings. The minimum Gasteiger partial charge on any atom is -0.495 e. The molecule has 2 N–H and O–H groups in total. The van der Waals surface area contributed by atoms with Crippen molar-refractivity contribution in [2.45, 2.75) is 30.9 Å². The average molecular weight is 385 g/mol. The topological polar surface area (TPSA) is 99.2 Å². The third-order valence-electron chi connectivity index (χ3n) is 4.46. The zero-order valence-corrected chi connectivity index (χ0v) is 16.4. The number of methoxy groups -OCH3 is 1. The van der Waals surface area contributed by atoms with Crippen molar-refractivity contribution in [2.75, 3.05) is 40.3 Å². The summed E-state index contributed by atoms with van der Waals surface area (Å²) < 4.78 is 31.7. The van der Waals surface area contributed by atoms with Crippen LogP contribution in [0, 0.1) is 0 Å². The molecule has 1 aromatic carbocycles. The van der Waals surface area contributed by atoms with Crippen LogP contribution in [0.5, 0.6) is 5.75 Å². The molecule has 1 heterocycles. The number of carbonyl (C=O) groups excluding carboxylic acids is 1. The number of β-amino-alcohol motifs (C(OH)–C–C–N with tert-alkyl or cyclic N) is 1. The number of rotatable bonds is 6. The van der Waals surface area contributed by atoms with E-state index in [0.717, 1.165) is 0 Å². The van der Waals surface area contributed by atoms with Crippen LogP contribution in [0.3, 0.4) is 0 Å². The number of hydrogen-bond acceptors (Lipinski definition) is 6. The Bertz CT molecular complexity index is 751. The molecular weight excluding hydrogens is 358 g/mol. The number of amides is 1. The van der Waals surface area contributed by atoms with E-state index in [-0.39, 0.29) is 22.6 Å². The van der Waals surface area contributed by atoms with Crippen molar-refractivity contribution in [3.05, 3.63) is 23.8 Å². The van der Waals surface area contributed by atoms with E-state index in [4.69, 9.17) is 4.74 Å². The summed E-state index contributed by atoms with van der Waals surface area (Å²) in [5, 5.41) is 9.53. The first-order valence-electron chi connectivity index (χ1n) is 8.52. The van der Waals surface area contributed by atoms with E-state index in [0.29, 0.717) is 31.7 Å². The maximum absolute atomic E-state index is 12.9. The standard InChI is InChI=1S/C17H27N3O5S/c1-12-10-19(11-13(2)21)7-8-20(12)17(22)14-5-6-15(25-4)16(9-14)26(23,24)18-3/h5-6,9,12-13,18,21H,7-8,10-11H2,1-4H3/t12-,13-/m0/s1. The molecule has 1 amide bonds. The minimum atomic E-state index is -3.75. The van der Waals surface area contributed by atoms with Gasteiger partial charge in [0.05, 0.1) is 13.2 Å². The second kappa shape index (κ2) is 8.34. The van der Waals surface area contributed by atoms with E-state index >= 15 is 0 Å². The van der Waals surface area contributed by atoms with E-state index in [1.165, 1.54) is 26.3 Å². The molecular formula is C17H27N3O5S. The van der Waals surface area contributed by atoms with Gasteiger partial charge in [-0.3, -0.25) is 9.69 Å². The van der Waals surface area contributed by atoms with Gasteiger partial charge in [0, 0.05) is 37.8 Å². The van der Waals surface area contributed by atoms with Crippen LogP contribution in [0.4, 0.5) is 0 Å². The van der Waals surface area contributed by atoms with Gasteiger partial charge in [0.25, 0.3) is 5.91 Å². The molecule has 1 saturated heterocycles. The van der Waals surface area contributed by atoms with Gasteiger partial charge in [0.2, 0.25) is 10.0 Å². The molecule has 0 aromatic heterocycles. The van der Waals surface area contributed by atoms with Gasteiger partial charge in [0.1, 0.15) is 10.6 Å². The van der Waals surface area contributed by atoms with Gasteiger partial charge < -0.3 is 14.7 Å². The van der Waals surface area contributed by atoms with E-state index in [1.807, 2.05) is 6.92 Å². The van der Waals surface area contributed by atoms with Crippen LogP contribution < -0.4 is 9.46 Å². The van der Waals surface area contributed by atoms with Crippen LogP contribution in [-0.4, -0.2) is 81.7 Å². The maximum Gasteiger partial charge on any atom is 0.254 e. The highest BCUT2D eigenvalue weighted by molar-refractivity contribution is 7.89. The summed E-state index contributed by atoms with van der Waals surface area (Å²) in [6.07, 6.45) is -0.416. The number of aliphatic hydroxyl groups excluding tert-OH is 1. The van der Waals surface area contributed by atoms with Crippen LogP contribution in [-0.2, 0) is 10.0 Å². The Morgan fingerprint density at radius 1 is 1.42 bits per heavy atom. The largest absolute Gasteiger partial charge is 0.495 e. The second-order valence-electron chi connectivity index (χ2n) is 6.53. The highest BCUT2D eigenvalue weighted by Crippen LogP contribution is 2.26. The zero-order valence-electron chi connectivity index (χ0n) is 15.6. The molecule has 2 atom stereocenters. The summed E-state index contributed by atoms with van der Waals surface area (Å²) in [7, 11) is -1.05. The highest BCUT2D eigenvalue weighted by atomic mass is 32.2. The van der Waals surface area contributed by atoms with Crippen LogP contribution in [0.15, 0.2) is 23.1 Å². The van der Waals surface area contributed by atoms with Crippen LogP contribution >= 0.6 is 0 Å². The van der Waals surface area contributed by atoms with Gasteiger partial charge >= 0.3 is 0 Å². The van der Waals surface area contributed by atoms with E-state index in [2.05, 4.69) is 9.62 Å². The molecule has 0 aliphatic carbocycles. The Hall–Kier alpha value is -1.68. The van der Waals surface area contributed by atoms with Gasteiger partial charge in [-0.05, 0) is 39.1 Å². The molecule has 1 aromatic rings. The molecule has 146 valence electrons. The lowest BCUT2D eigenvalue weighted by atomic mass is 10.1. The Labute approximate surface area is 154 Å². The summed E-state index contributed by atoms with van der Waals surface area (Å²) in [6.45, 7) is 6.10. The number of nitrogens with zero attached hydrogens (tertiary/aromatic N) is 2. The van der Waals surface area contributed by atoms with E-state index < -0.39 is 16.1 Å². The third-order valence-corrected chi connectivity index (χ3v) is 5.90. The van der Waals surface area contributed by atoms with E-state index in [9.17, 15) is 18.3 Å².